The molecule has 0 N–H and O–H groups in total. The van der Waals surface area contributed by atoms with E-state index in [0.29, 0.717) is 0 Å². The van der Waals surface area contributed by atoms with E-state index in [1.165, 1.54) is 6.07 Å². The van der Waals surface area contributed by atoms with Crippen molar-refractivity contribution in [2.24, 2.45) is 0 Å². The molecule has 0 bridgehead atoms. The summed E-state index contributed by atoms with van der Waals surface area (Å²) in [7, 11) is 1.10. The molecule has 0 aliphatic carbocycles. The lowest BCUT2D eigenvalue weighted by Gasteiger charge is -2.04. The zero-order chi connectivity index (χ0) is 7.49. The van der Waals surface area contributed by atoms with Crippen molar-refractivity contribution in [2.75, 3.05) is 7.11 Å². The predicted molar refractivity (Wildman–Crippen MR) is 32.1 cm³/mol. The van der Waals surface area contributed by atoms with Gasteiger partial charge < -0.3 is 4.74 Å². The number of esters is 1. The van der Waals surface area contributed by atoms with E-state index in [2.05, 4.69) is 4.74 Å². The van der Waals surface area contributed by atoms with Crippen molar-refractivity contribution in [2.45, 2.75) is 4.33 Å². The van der Waals surface area contributed by atoms with Crippen molar-refractivity contribution in [1.82, 2.24) is 0 Å². The highest BCUT2D eigenvalue weighted by Crippen LogP contribution is 2.20. The molecule has 0 fully saturated rings. The molecule has 0 spiro atoms. The van der Waals surface area contributed by atoms with Gasteiger partial charge in [0, 0.05) is 0 Å². The SMILES string of the molecule is COC(=O)C(Cl)(Cl)C#N. The highest BCUT2D eigenvalue weighted by atomic mass is 35.5. The van der Waals surface area contributed by atoms with Crippen LogP contribution in [0, 0.1) is 11.3 Å². The lowest BCUT2D eigenvalue weighted by Crippen LogP contribution is -2.24. The molecule has 3 nitrogen and oxygen atoms in total. The summed E-state index contributed by atoms with van der Waals surface area (Å²) in [5.41, 5.74) is 0. The van der Waals surface area contributed by atoms with Gasteiger partial charge in [0.1, 0.15) is 6.07 Å². The molecular weight excluding hydrogens is 165 g/mol. The van der Waals surface area contributed by atoms with Crippen LogP contribution in [0.25, 0.3) is 0 Å². The van der Waals surface area contributed by atoms with Gasteiger partial charge in [-0.25, -0.2) is 4.79 Å². The predicted octanol–water partition coefficient (Wildman–Crippen LogP) is 0.857. The lowest BCUT2D eigenvalue weighted by atomic mass is 10.5. The third-order valence-electron chi connectivity index (χ3n) is 0.582. The van der Waals surface area contributed by atoms with E-state index in [9.17, 15) is 4.79 Å². The zero-order valence-corrected chi connectivity index (χ0v) is 6.03. The molecule has 0 saturated heterocycles. The molecule has 0 aliphatic heterocycles. The Morgan fingerprint density at radius 3 is 2.33 bits per heavy atom. The normalized spacial score (nSPS) is 10.0. The van der Waals surface area contributed by atoms with Crippen LogP contribution in [0.15, 0.2) is 0 Å². The van der Waals surface area contributed by atoms with Crippen molar-refractivity contribution in [3.05, 3.63) is 0 Å². The van der Waals surface area contributed by atoms with Gasteiger partial charge in [-0.05, 0) is 0 Å². The fourth-order valence-electron chi connectivity index (χ4n) is 0.174. The Morgan fingerprint density at radius 1 is 1.78 bits per heavy atom. The van der Waals surface area contributed by atoms with E-state index in [-0.39, 0.29) is 0 Å². The fourth-order valence-corrected chi connectivity index (χ4v) is 0.328. The van der Waals surface area contributed by atoms with Crippen molar-refractivity contribution < 1.29 is 9.53 Å². The molecule has 0 amide bonds. The Kier molecular flexibility index (Phi) is 2.75. The molecule has 5 heteroatoms. The van der Waals surface area contributed by atoms with Gasteiger partial charge in [0.05, 0.1) is 7.11 Å². The maximum Gasteiger partial charge on any atom is 0.357 e. The highest BCUT2D eigenvalue weighted by Gasteiger charge is 2.34. The van der Waals surface area contributed by atoms with Crippen LogP contribution in [-0.4, -0.2) is 17.4 Å². The third-order valence-corrected chi connectivity index (χ3v) is 1.06. The molecule has 9 heavy (non-hydrogen) atoms. The smallest absolute Gasteiger partial charge is 0.357 e. The summed E-state index contributed by atoms with van der Waals surface area (Å²) in [6, 6.07) is 1.35. The Bertz CT molecular complexity index is 160. The zero-order valence-electron chi connectivity index (χ0n) is 4.52. The molecule has 0 aromatic carbocycles. The van der Waals surface area contributed by atoms with Crippen LogP contribution in [0.5, 0.6) is 0 Å². The second-order valence-electron chi connectivity index (χ2n) is 1.18. The first-order chi connectivity index (χ1) is 4.04. The molecule has 0 saturated carbocycles. The number of rotatable bonds is 1. The molecule has 0 atom stereocenters. The summed E-state index contributed by atoms with van der Waals surface area (Å²) >= 11 is 10.2. The van der Waals surface area contributed by atoms with E-state index in [1.807, 2.05) is 0 Å². The minimum atomic E-state index is -2.06. The molecule has 0 heterocycles. The van der Waals surface area contributed by atoms with Gasteiger partial charge in [-0.3, -0.25) is 0 Å². The number of hydrogen-bond donors (Lipinski definition) is 0. The Labute approximate surface area is 62.1 Å². The van der Waals surface area contributed by atoms with Crippen LogP contribution < -0.4 is 0 Å². The van der Waals surface area contributed by atoms with Crippen LogP contribution >= 0.6 is 23.2 Å². The molecule has 0 rings (SSSR count). The number of carbonyl (C=O) groups is 1. The van der Waals surface area contributed by atoms with Gasteiger partial charge in [0.15, 0.2) is 0 Å². The molecular formula is C4H3Cl2NO2. The van der Waals surface area contributed by atoms with Gasteiger partial charge in [-0.1, -0.05) is 23.2 Å². The minimum Gasteiger partial charge on any atom is -0.466 e. The highest BCUT2D eigenvalue weighted by molar-refractivity contribution is 6.59. The van der Waals surface area contributed by atoms with Gasteiger partial charge >= 0.3 is 5.97 Å². The summed E-state index contributed by atoms with van der Waals surface area (Å²) in [6.07, 6.45) is 0. The number of ether oxygens (including phenoxy) is 1. The van der Waals surface area contributed by atoms with Gasteiger partial charge in [-0.15, -0.1) is 0 Å². The molecule has 0 aromatic rings. The van der Waals surface area contributed by atoms with Gasteiger partial charge in [0.2, 0.25) is 0 Å². The van der Waals surface area contributed by atoms with E-state index >= 15 is 0 Å². The van der Waals surface area contributed by atoms with Crippen molar-refractivity contribution in [3.8, 4) is 6.07 Å². The second kappa shape index (κ2) is 2.90. The first kappa shape index (κ1) is 8.54. The maximum atomic E-state index is 10.4. The number of methoxy groups -OCH3 is 1. The standard InChI is InChI=1S/C4H3Cl2NO2/c1-9-3(8)4(5,6)2-7/h1H3. The van der Waals surface area contributed by atoms with Crippen molar-refractivity contribution in [1.29, 1.82) is 5.26 Å². The van der Waals surface area contributed by atoms with Crippen LogP contribution in [-0.2, 0) is 9.53 Å². The number of nitrogens with zero attached hydrogens (tertiary/aromatic N) is 1. The monoisotopic (exact) mass is 167 g/mol. The number of alkyl halides is 2. The quantitative estimate of drug-likeness (QED) is 0.430. The number of halogens is 2. The summed E-state index contributed by atoms with van der Waals surface area (Å²) in [5, 5.41) is 8.08. The van der Waals surface area contributed by atoms with E-state index in [1.54, 1.807) is 0 Å². The summed E-state index contributed by atoms with van der Waals surface area (Å²) in [5.74, 6) is -0.965. The van der Waals surface area contributed by atoms with Crippen molar-refractivity contribution >= 4 is 29.2 Å². The van der Waals surface area contributed by atoms with E-state index < -0.39 is 10.3 Å². The summed E-state index contributed by atoms with van der Waals surface area (Å²) in [6.45, 7) is 0. The Balaban J connectivity index is 4.19. The third kappa shape index (κ3) is 2.08. The minimum absolute atomic E-state index is 0.965. The Hall–Kier alpha value is -0.460. The maximum absolute atomic E-state index is 10.4. The second-order valence-corrected chi connectivity index (χ2v) is 2.51. The van der Waals surface area contributed by atoms with Crippen LogP contribution in [0.3, 0.4) is 0 Å². The number of hydrogen-bond acceptors (Lipinski definition) is 3. The molecule has 0 unspecified atom stereocenters. The molecule has 0 aromatic heterocycles. The summed E-state index contributed by atoms with van der Waals surface area (Å²) < 4.78 is 2.02. The van der Waals surface area contributed by atoms with Crippen LogP contribution in [0.1, 0.15) is 0 Å². The average molecular weight is 168 g/mol. The fraction of sp³-hybridized carbons (Fsp3) is 0.500. The number of nitriles is 1. The largest absolute Gasteiger partial charge is 0.466 e. The topological polar surface area (TPSA) is 50.1 Å². The number of carbonyl (C=O) groups excluding carboxylic acids is 1. The van der Waals surface area contributed by atoms with Crippen LogP contribution in [0.4, 0.5) is 0 Å². The molecule has 0 radical (unpaired) electrons. The van der Waals surface area contributed by atoms with Crippen molar-refractivity contribution in [3.63, 3.8) is 0 Å². The first-order valence-electron chi connectivity index (χ1n) is 1.92. The van der Waals surface area contributed by atoms with E-state index in [4.69, 9.17) is 28.5 Å². The first-order valence-corrected chi connectivity index (χ1v) is 2.67. The van der Waals surface area contributed by atoms with Gasteiger partial charge in [-0.2, -0.15) is 5.26 Å². The van der Waals surface area contributed by atoms with Crippen LogP contribution in [0.2, 0.25) is 0 Å². The van der Waals surface area contributed by atoms with Gasteiger partial charge in [0.25, 0.3) is 4.33 Å². The molecule has 50 valence electrons. The lowest BCUT2D eigenvalue weighted by molar-refractivity contribution is -0.140. The van der Waals surface area contributed by atoms with E-state index in [0.717, 1.165) is 7.11 Å². The average Bonchev–Trinajstić information content (AvgIpc) is 1.86. The Morgan fingerprint density at radius 2 is 2.22 bits per heavy atom. The molecule has 0 aliphatic rings. The summed E-state index contributed by atoms with van der Waals surface area (Å²) in [4.78, 5) is 10.4.